The minimum absolute atomic E-state index is 0. The number of carbonyl (C=O) groups excluding carboxylic acids is 2. The van der Waals surface area contributed by atoms with Crippen LogP contribution >= 0.6 is 0 Å². The van der Waals surface area contributed by atoms with Gasteiger partial charge < -0.3 is 0 Å². The lowest BCUT2D eigenvalue weighted by Gasteiger charge is -2.72. The first-order chi connectivity index (χ1) is 16.3. The molecule has 0 bridgehead atoms. The van der Waals surface area contributed by atoms with Gasteiger partial charge in [-0.2, -0.15) is 0 Å². The first-order valence-corrected chi connectivity index (χ1v) is 14.6. The van der Waals surface area contributed by atoms with E-state index in [0.717, 1.165) is 37.7 Å². The Hall–Kier alpha value is -1.18. The van der Waals surface area contributed by atoms with Gasteiger partial charge in [0.2, 0.25) is 0 Å². The highest BCUT2D eigenvalue weighted by Gasteiger charge is 2.72. The summed E-state index contributed by atoms with van der Waals surface area (Å²) in [6.45, 7) is 19.0. The molecule has 5 saturated carbocycles. The van der Waals surface area contributed by atoms with Gasteiger partial charge in [0.25, 0.3) is 0 Å². The van der Waals surface area contributed by atoms with Crippen LogP contribution in [-0.4, -0.2) is 11.6 Å². The number of carbonyl (C=O) groups is 2. The normalized spacial score (nSPS) is 51.9. The summed E-state index contributed by atoms with van der Waals surface area (Å²) in [7, 11) is 0. The Kier molecular flexibility index (Phi) is 4.99. The molecule has 0 aromatic heterocycles. The molecule has 9 atom stereocenters. The van der Waals surface area contributed by atoms with Gasteiger partial charge in [0, 0.05) is 30.7 Å². The van der Waals surface area contributed by atoms with Gasteiger partial charge in [-0.3, -0.25) is 9.59 Å². The molecule has 6 rings (SSSR count). The Morgan fingerprint density at radius 2 is 1.63 bits per heavy atom. The van der Waals surface area contributed by atoms with Gasteiger partial charge in [-0.15, -0.1) is 0 Å². The highest BCUT2D eigenvalue weighted by molar-refractivity contribution is 6.07. The molecule has 35 heavy (non-hydrogen) atoms. The van der Waals surface area contributed by atoms with Crippen LogP contribution in [0.3, 0.4) is 0 Å². The predicted octanol–water partition coefficient (Wildman–Crippen LogP) is 8.17. The third kappa shape index (κ3) is 2.84. The van der Waals surface area contributed by atoms with Crippen LogP contribution in [0, 0.1) is 63.1 Å². The highest BCUT2D eigenvalue weighted by atomic mass is 16.1. The van der Waals surface area contributed by atoms with Crippen molar-refractivity contribution in [3.8, 4) is 0 Å². The van der Waals surface area contributed by atoms with Crippen molar-refractivity contribution in [1.29, 1.82) is 0 Å². The van der Waals surface area contributed by atoms with Crippen molar-refractivity contribution in [2.24, 2.45) is 56.7 Å². The molecule has 2 heteroatoms. The number of fused-ring (bicyclic) bond motifs is 7. The first-order valence-electron chi connectivity index (χ1n) is 14.6. The standard InChI is InChI=1S/C33H47O2.H2/c1-20(2)22-12-17-33(28(35)21-8-9-21)19-18-31(6)23(27(22)33)10-11-25-30(5)15-14-26(34)29(3,4)24(30)13-16-32(25,31)7;/h8-9,22-25,27H,1,10-19H2,2-7H3;1H/t22?,23-,24+,25-,27?,30+,31-,32-,33?;/m1./s1. The maximum absolute atomic E-state index is 13.9. The second-order valence-corrected chi connectivity index (χ2v) is 15.1. The van der Waals surface area contributed by atoms with Gasteiger partial charge in [-0.1, -0.05) is 52.8 Å². The van der Waals surface area contributed by atoms with Crippen LogP contribution < -0.4 is 0 Å². The molecule has 5 fully saturated rings. The summed E-state index contributed by atoms with van der Waals surface area (Å²) in [6, 6.07) is 0. The SMILES string of the molecule is C=C(C)C1CCC2(C(=O)C3=C[CH]3)CC[C@]3(C)[C@H](CC[C@@H]4[C@@]5(C)CCC(=O)C(C)(C)[C@@H]5CC[C@]43C)C12.[HH]. The van der Waals surface area contributed by atoms with Crippen LogP contribution in [-0.2, 0) is 9.59 Å². The van der Waals surface area contributed by atoms with Crippen LogP contribution in [0.1, 0.15) is 107 Å². The molecule has 0 spiro atoms. The number of ketones is 2. The van der Waals surface area contributed by atoms with E-state index in [1.807, 2.05) is 12.5 Å². The minimum atomic E-state index is -0.189. The summed E-state index contributed by atoms with van der Waals surface area (Å²) in [5.74, 6) is 3.67. The van der Waals surface area contributed by atoms with Crippen LogP contribution in [0.2, 0.25) is 0 Å². The molecule has 0 saturated heterocycles. The molecule has 0 N–H and O–H groups in total. The van der Waals surface area contributed by atoms with E-state index < -0.39 is 0 Å². The highest BCUT2D eigenvalue weighted by Crippen LogP contribution is 2.77. The van der Waals surface area contributed by atoms with Crippen molar-refractivity contribution < 1.29 is 11.0 Å². The van der Waals surface area contributed by atoms with Crippen molar-refractivity contribution in [3.63, 3.8) is 0 Å². The van der Waals surface area contributed by atoms with E-state index in [1.165, 1.54) is 37.7 Å². The lowest BCUT2D eigenvalue weighted by molar-refractivity contribution is -0.232. The zero-order chi connectivity index (χ0) is 25.2. The zero-order valence-corrected chi connectivity index (χ0v) is 23.1. The van der Waals surface area contributed by atoms with Gasteiger partial charge in [-0.25, -0.2) is 0 Å². The summed E-state index contributed by atoms with van der Waals surface area (Å²) in [5.41, 5.74) is 2.74. The van der Waals surface area contributed by atoms with Crippen molar-refractivity contribution in [1.82, 2.24) is 0 Å². The average molecular weight is 478 g/mol. The number of rotatable bonds is 3. The lowest BCUT2D eigenvalue weighted by Crippen LogP contribution is -2.66. The summed E-state index contributed by atoms with van der Waals surface area (Å²) in [4.78, 5) is 26.8. The van der Waals surface area contributed by atoms with Gasteiger partial charge in [0.05, 0.1) is 0 Å². The fraction of sp³-hybridized carbons (Fsp3) is 0.788. The number of hydrogen-bond acceptors (Lipinski definition) is 2. The van der Waals surface area contributed by atoms with Crippen LogP contribution in [0.4, 0.5) is 0 Å². The van der Waals surface area contributed by atoms with E-state index in [-0.39, 0.29) is 28.5 Å². The van der Waals surface area contributed by atoms with Crippen molar-refractivity contribution in [3.05, 3.63) is 30.2 Å². The second kappa shape index (κ2) is 7.22. The minimum Gasteiger partial charge on any atom is -0.299 e. The maximum atomic E-state index is 13.9. The fourth-order valence-electron chi connectivity index (χ4n) is 11.8. The number of allylic oxidation sites excluding steroid dienone is 3. The average Bonchev–Trinajstić information content (AvgIpc) is 3.56. The Morgan fingerprint density at radius 3 is 2.29 bits per heavy atom. The quantitative estimate of drug-likeness (QED) is 0.384. The molecule has 0 aromatic rings. The van der Waals surface area contributed by atoms with E-state index >= 15 is 0 Å². The Balaban J connectivity index is 0.00000267. The monoisotopic (exact) mass is 477 g/mol. The number of Topliss-reactive ketones (excluding diaryl/α,β-unsaturated/α-hetero) is 2. The summed E-state index contributed by atoms with van der Waals surface area (Å²) in [5, 5.41) is 0. The van der Waals surface area contributed by atoms with Crippen LogP contribution in [0.15, 0.2) is 23.8 Å². The Bertz CT molecular complexity index is 1040. The van der Waals surface area contributed by atoms with Gasteiger partial charge in [0.15, 0.2) is 5.78 Å². The molecular weight excluding hydrogens is 428 g/mol. The maximum Gasteiger partial charge on any atom is 0.165 e. The first kappa shape index (κ1) is 24.2. The van der Waals surface area contributed by atoms with E-state index in [2.05, 4.69) is 48.1 Å². The molecule has 6 aliphatic carbocycles. The summed E-state index contributed by atoms with van der Waals surface area (Å²) >= 11 is 0. The zero-order valence-electron chi connectivity index (χ0n) is 23.1. The topological polar surface area (TPSA) is 34.1 Å². The smallest absolute Gasteiger partial charge is 0.165 e. The molecular formula is C33H49O2. The van der Waals surface area contributed by atoms with E-state index in [4.69, 9.17) is 0 Å². The van der Waals surface area contributed by atoms with Crippen LogP contribution in [0.25, 0.3) is 0 Å². The van der Waals surface area contributed by atoms with Crippen molar-refractivity contribution >= 4 is 11.6 Å². The van der Waals surface area contributed by atoms with Crippen LogP contribution in [0.5, 0.6) is 0 Å². The molecule has 0 aromatic carbocycles. The van der Waals surface area contributed by atoms with E-state index in [9.17, 15) is 9.59 Å². The molecule has 6 aliphatic rings. The summed E-state index contributed by atoms with van der Waals surface area (Å²) < 4.78 is 0. The van der Waals surface area contributed by atoms with Crippen molar-refractivity contribution in [2.45, 2.75) is 106 Å². The lowest BCUT2D eigenvalue weighted by atomic mass is 9.32. The molecule has 1 radical (unpaired) electrons. The molecule has 0 amide bonds. The van der Waals surface area contributed by atoms with E-state index in [0.29, 0.717) is 41.2 Å². The molecule has 2 nitrogen and oxygen atoms in total. The Morgan fingerprint density at radius 1 is 0.914 bits per heavy atom. The van der Waals surface area contributed by atoms with Gasteiger partial charge >= 0.3 is 0 Å². The molecule has 0 heterocycles. The van der Waals surface area contributed by atoms with Gasteiger partial charge in [-0.05, 0) is 111 Å². The second-order valence-electron chi connectivity index (χ2n) is 15.1. The molecule has 3 unspecified atom stereocenters. The van der Waals surface area contributed by atoms with Gasteiger partial charge in [0.1, 0.15) is 5.78 Å². The molecule has 193 valence electrons. The predicted molar refractivity (Wildman–Crippen MR) is 143 cm³/mol. The largest absolute Gasteiger partial charge is 0.299 e. The number of hydrogen-bond donors (Lipinski definition) is 0. The Labute approximate surface area is 215 Å². The fourth-order valence-corrected chi connectivity index (χ4v) is 11.8. The summed E-state index contributed by atoms with van der Waals surface area (Å²) in [6.07, 6.45) is 15.3. The molecule has 0 aliphatic heterocycles. The third-order valence-corrected chi connectivity index (χ3v) is 13.9. The van der Waals surface area contributed by atoms with E-state index in [1.54, 1.807) is 0 Å². The third-order valence-electron chi connectivity index (χ3n) is 13.9. The van der Waals surface area contributed by atoms with Crippen molar-refractivity contribution in [2.75, 3.05) is 0 Å².